The molecule has 0 saturated heterocycles. The third-order valence-corrected chi connectivity index (χ3v) is 4.02. The van der Waals surface area contributed by atoms with Crippen LogP contribution < -0.4 is 0 Å². The quantitative estimate of drug-likeness (QED) is 0.863. The van der Waals surface area contributed by atoms with Gasteiger partial charge in [0.2, 0.25) is 0 Å². The molecule has 0 saturated carbocycles. The van der Waals surface area contributed by atoms with Crippen molar-refractivity contribution in [3.8, 4) is 0 Å². The predicted octanol–water partition coefficient (Wildman–Crippen LogP) is 4.03. The van der Waals surface area contributed by atoms with Crippen LogP contribution in [0.3, 0.4) is 0 Å². The van der Waals surface area contributed by atoms with Gasteiger partial charge in [-0.05, 0) is 65.8 Å². The van der Waals surface area contributed by atoms with Gasteiger partial charge in [-0.2, -0.15) is 11.3 Å². The molecule has 1 heterocycles. The van der Waals surface area contributed by atoms with Gasteiger partial charge >= 0.3 is 0 Å². The Morgan fingerprint density at radius 2 is 2.06 bits per heavy atom. The highest BCUT2D eigenvalue weighted by Crippen LogP contribution is 2.24. The van der Waals surface area contributed by atoms with Crippen LogP contribution in [0.4, 0.5) is 0 Å². The Labute approximate surface area is 107 Å². The number of benzene rings is 1. The molecule has 1 nitrogen and oxygen atoms in total. The van der Waals surface area contributed by atoms with E-state index in [9.17, 15) is 5.11 Å². The number of aliphatic hydroxyl groups excluding tert-OH is 1. The Morgan fingerprint density at radius 1 is 1.24 bits per heavy atom. The molecule has 0 radical (unpaired) electrons. The first kappa shape index (κ1) is 12.3. The third kappa shape index (κ3) is 2.96. The lowest BCUT2D eigenvalue weighted by Crippen LogP contribution is -2.02. The molecule has 1 atom stereocenters. The van der Waals surface area contributed by atoms with Gasteiger partial charge in [0.1, 0.15) is 0 Å². The van der Waals surface area contributed by atoms with E-state index in [0.29, 0.717) is 0 Å². The normalized spacial score (nSPS) is 12.6. The fourth-order valence-electron chi connectivity index (χ4n) is 2.03. The molecule has 1 aromatic heterocycles. The average molecular weight is 246 g/mol. The molecule has 1 aromatic carbocycles. The molecule has 0 aliphatic heterocycles. The summed E-state index contributed by atoms with van der Waals surface area (Å²) in [7, 11) is 0. The van der Waals surface area contributed by atoms with Crippen molar-refractivity contribution in [1.29, 1.82) is 0 Å². The van der Waals surface area contributed by atoms with Crippen LogP contribution >= 0.6 is 11.3 Å². The highest BCUT2D eigenvalue weighted by molar-refractivity contribution is 7.07. The Balaban J connectivity index is 2.04. The molecule has 0 bridgehead atoms. The first-order chi connectivity index (χ1) is 8.18. The van der Waals surface area contributed by atoms with E-state index in [2.05, 4.69) is 36.7 Å². The summed E-state index contributed by atoms with van der Waals surface area (Å²) in [6.07, 6.45) is 1.38. The lowest BCUT2D eigenvalue weighted by Gasteiger charge is -2.14. The third-order valence-electron chi connectivity index (χ3n) is 3.29. The van der Waals surface area contributed by atoms with Crippen molar-refractivity contribution >= 4 is 11.3 Å². The smallest absolute Gasteiger partial charge is 0.0795 e. The van der Waals surface area contributed by atoms with Crippen LogP contribution in [0.1, 0.15) is 34.8 Å². The zero-order valence-corrected chi connectivity index (χ0v) is 11.1. The van der Waals surface area contributed by atoms with Crippen molar-refractivity contribution in [2.24, 2.45) is 0 Å². The Kier molecular flexibility index (Phi) is 3.97. The van der Waals surface area contributed by atoms with Crippen LogP contribution in [0.2, 0.25) is 0 Å². The van der Waals surface area contributed by atoms with Crippen LogP contribution in [0.5, 0.6) is 0 Å². The van der Waals surface area contributed by atoms with Gasteiger partial charge in [0.15, 0.2) is 0 Å². The van der Waals surface area contributed by atoms with Gasteiger partial charge in [-0.3, -0.25) is 0 Å². The summed E-state index contributed by atoms with van der Waals surface area (Å²) >= 11 is 1.71. The summed E-state index contributed by atoms with van der Waals surface area (Å²) in [6, 6.07) is 8.26. The van der Waals surface area contributed by atoms with Crippen LogP contribution in [0, 0.1) is 13.8 Å². The van der Waals surface area contributed by atoms with Crippen molar-refractivity contribution in [2.45, 2.75) is 32.8 Å². The van der Waals surface area contributed by atoms with Gasteiger partial charge < -0.3 is 5.11 Å². The monoisotopic (exact) mass is 246 g/mol. The summed E-state index contributed by atoms with van der Waals surface area (Å²) < 4.78 is 0. The molecule has 90 valence electrons. The van der Waals surface area contributed by atoms with E-state index in [1.807, 2.05) is 12.1 Å². The minimum Gasteiger partial charge on any atom is -0.388 e. The van der Waals surface area contributed by atoms with E-state index in [1.165, 1.54) is 16.7 Å². The number of hydrogen-bond donors (Lipinski definition) is 1. The van der Waals surface area contributed by atoms with E-state index in [4.69, 9.17) is 0 Å². The summed E-state index contributed by atoms with van der Waals surface area (Å²) in [5.74, 6) is 0. The molecule has 2 aromatic rings. The van der Waals surface area contributed by atoms with Gasteiger partial charge in [0.05, 0.1) is 6.10 Å². The molecular formula is C15H18OS. The molecule has 2 rings (SSSR count). The molecule has 17 heavy (non-hydrogen) atoms. The van der Waals surface area contributed by atoms with Crippen molar-refractivity contribution in [3.63, 3.8) is 0 Å². The Bertz CT molecular complexity index is 474. The van der Waals surface area contributed by atoms with Gasteiger partial charge in [-0.25, -0.2) is 0 Å². The van der Waals surface area contributed by atoms with Crippen molar-refractivity contribution in [2.75, 3.05) is 0 Å². The molecule has 0 aliphatic rings. The predicted molar refractivity (Wildman–Crippen MR) is 73.5 cm³/mol. The number of rotatable bonds is 4. The minimum atomic E-state index is -0.352. The summed E-state index contributed by atoms with van der Waals surface area (Å²) in [6.45, 7) is 4.17. The molecule has 0 aliphatic carbocycles. The highest BCUT2D eigenvalue weighted by atomic mass is 32.1. The maximum Gasteiger partial charge on any atom is 0.0795 e. The first-order valence-electron chi connectivity index (χ1n) is 5.93. The van der Waals surface area contributed by atoms with Crippen LogP contribution in [0.25, 0.3) is 0 Å². The van der Waals surface area contributed by atoms with Crippen molar-refractivity contribution in [3.05, 3.63) is 57.3 Å². The molecule has 2 heteroatoms. The standard InChI is InChI=1S/C15H18OS/c1-11-4-3-5-14(12(11)2)15(16)7-6-13-8-9-17-10-13/h3-5,8-10,15-16H,6-7H2,1-2H3. The zero-order chi connectivity index (χ0) is 12.3. The average Bonchev–Trinajstić information content (AvgIpc) is 2.82. The maximum absolute atomic E-state index is 10.2. The topological polar surface area (TPSA) is 20.2 Å². The fraction of sp³-hybridized carbons (Fsp3) is 0.333. The number of hydrogen-bond acceptors (Lipinski definition) is 2. The van der Waals surface area contributed by atoms with E-state index in [1.54, 1.807) is 11.3 Å². The largest absolute Gasteiger partial charge is 0.388 e. The second-order valence-corrected chi connectivity index (χ2v) is 5.26. The minimum absolute atomic E-state index is 0.352. The van der Waals surface area contributed by atoms with Gasteiger partial charge in [-0.1, -0.05) is 18.2 Å². The first-order valence-corrected chi connectivity index (χ1v) is 6.88. The molecule has 1 N–H and O–H groups in total. The Morgan fingerprint density at radius 3 is 2.76 bits per heavy atom. The number of aliphatic hydroxyl groups is 1. The summed E-state index contributed by atoms with van der Waals surface area (Å²) in [5.41, 5.74) is 4.85. The SMILES string of the molecule is Cc1cccc(C(O)CCc2ccsc2)c1C. The fourth-order valence-corrected chi connectivity index (χ4v) is 2.73. The van der Waals surface area contributed by atoms with E-state index in [-0.39, 0.29) is 6.10 Å². The van der Waals surface area contributed by atoms with E-state index >= 15 is 0 Å². The number of thiophene rings is 1. The summed E-state index contributed by atoms with van der Waals surface area (Å²) in [5, 5.41) is 14.5. The summed E-state index contributed by atoms with van der Waals surface area (Å²) in [4.78, 5) is 0. The molecule has 0 amide bonds. The van der Waals surface area contributed by atoms with Crippen LogP contribution in [0.15, 0.2) is 35.0 Å². The van der Waals surface area contributed by atoms with Crippen LogP contribution in [-0.4, -0.2) is 5.11 Å². The van der Waals surface area contributed by atoms with Gasteiger partial charge in [-0.15, -0.1) is 0 Å². The van der Waals surface area contributed by atoms with Gasteiger partial charge in [0.25, 0.3) is 0 Å². The van der Waals surface area contributed by atoms with Crippen molar-refractivity contribution < 1.29 is 5.11 Å². The number of aryl methyl sites for hydroxylation is 2. The second-order valence-electron chi connectivity index (χ2n) is 4.48. The molecule has 0 spiro atoms. The van der Waals surface area contributed by atoms with E-state index < -0.39 is 0 Å². The van der Waals surface area contributed by atoms with Crippen molar-refractivity contribution in [1.82, 2.24) is 0 Å². The Hall–Kier alpha value is -1.12. The zero-order valence-electron chi connectivity index (χ0n) is 10.3. The van der Waals surface area contributed by atoms with Crippen LogP contribution in [-0.2, 0) is 6.42 Å². The second kappa shape index (κ2) is 5.48. The highest BCUT2D eigenvalue weighted by Gasteiger charge is 2.11. The molecular weight excluding hydrogens is 228 g/mol. The molecule has 1 unspecified atom stereocenters. The van der Waals surface area contributed by atoms with E-state index in [0.717, 1.165) is 18.4 Å². The van der Waals surface area contributed by atoms with Gasteiger partial charge in [0, 0.05) is 0 Å². The lowest BCUT2D eigenvalue weighted by molar-refractivity contribution is 0.167. The lowest BCUT2D eigenvalue weighted by atomic mass is 9.96. The molecule has 0 fully saturated rings. The maximum atomic E-state index is 10.2.